The smallest absolute Gasteiger partial charge is 0.240 e. The summed E-state index contributed by atoms with van der Waals surface area (Å²) < 4.78 is 12.7. The van der Waals surface area contributed by atoms with Crippen molar-refractivity contribution in [3.8, 4) is 0 Å². The summed E-state index contributed by atoms with van der Waals surface area (Å²) in [5.74, 6) is 1.49. The Bertz CT molecular complexity index is 983. The predicted octanol–water partition coefficient (Wildman–Crippen LogP) is 1.57. The summed E-state index contributed by atoms with van der Waals surface area (Å²) in [6.07, 6.45) is 2.24. The number of benzene rings is 1. The molecule has 1 aromatic heterocycles. The zero-order chi connectivity index (χ0) is 21.5. The zero-order valence-electron chi connectivity index (χ0n) is 17.2. The van der Waals surface area contributed by atoms with E-state index < -0.39 is 17.2 Å². The molecule has 2 aromatic rings. The van der Waals surface area contributed by atoms with Gasteiger partial charge in [-0.1, -0.05) is 11.6 Å². The number of primary amides is 1. The van der Waals surface area contributed by atoms with Gasteiger partial charge in [0.1, 0.15) is 17.5 Å². The van der Waals surface area contributed by atoms with Crippen molar-refractivity contribution in [2.75, 3.05) is 53.2 Å². The van der Waals surface area contributed by atoms with Gasteiger partial charge in [-0.15, -0.1) is 0 Å². The highest BCUT2D eigenvalue weighted by molar-refractivity contribution is 7.91. The van der Waals surface area contributed by atoms with Gasteiger partial charge in [-0.3, -0.25) is 4.79 Å². The Labute approximate surface area is 189 Å². The number of amides is 1. The number of rotatable bonds is 4. The molecular formula is C21H25ClN6O2S. The van der Waals surface area contributed by atoms with Gasteiger partial charge in [-0.2, -0.15) is 4.98 Å². The molecule has 0 radical (unpaired) electrons. The van der Waals surface area contributed by atoms with E-state index in [2.05, 4.69) is 9.80 Å². The molecule has 3 aliphatic rings. The van der Waals surface area contributed by atoms with Gasteiger partial charge < -0.3 is 25.0 Å². The standard InChI is InChI=1S/C21H25ClN6O2S/c22-14-3-5-15(6-4-14)26-9-11-27(12-10-26)21-24-16-7-13-31(30)18(16)20(25-21)28-8-1-2-17(28)19(23)29/h3-6,17H,1-2,7-13H2,(H2,23,29)/t17-,31?/m0/s1. The van der Waals surface area contributed by atoms with E-state index in [4.69, 9.17) is 27.3 Å². The first-order valence-corrected chi connectivity index (χ1v) is 12.3. The third-order valence-corrected chi connectivity index (χ3v) is 7.97. The highest BCUT2D eigenvalue weighted by Gasteiger charge is 2.39. The lowest BCUT2D eigenvalue weighted by Crippen LogP contribution is -2.47. The van der Waals surface area contributed by atoms with E-state index >= 15 is 0 Å². The largest absolute Gasteiger partial charge is 0.611 e. The van der Waals surface area contributed by atoms with Crippen molar-refractivity contribution in [1.29, 1.82) is 0 Å². The first kappa shape index (κ1) is 20.7. The summed E-state index contributed by atoms with van der Waals surface area (Å²) in [4.78, 5) is 28.7. The maximum absolute atomic E-state index is 12.7. The predicted molar refractivity (Wildman–Crippen MR) is 122 cm³/mol. The number of nitrogens with zero attached hydrogens (tertiary/aromatic N) is 5. The Morgan fingerprint density at radius 1 is 1.10 bits per heavy atom. The van der Waals surface area contributed by atoms with Gasteiger partial charge in [-0.05, 0) is 48.3 Å². The summed E-state index contributed by atoms with van der Waals surface area (Å²) in [6.45, 7) is 3.94. The van der Waals surface area contributed by atoms with Gasteiger partial charge in [0.25, 0.3) is 0 Å². The molecular weight excluding hydrogens is 436 g/mol. The van der Waals surface area contributed by atoms with Crippen LogP contribution in [0.5, 0.6) is 0 Å². The van der Waals surface area contributed by atoms with Crippen LogP contribution in [0.15, 0.2) is 29.2 Å². The normalized spacial score (nSPS) is 23.4. The van der Waals surface area contributed by atoms with E-state index in [1.165, 1.54) is 0 Å². The fourth-order valence-corrected chi connectivity index (χ4v) is 6.12. The molecule has 4 heterocycles. The average molecular weight is 461 g/mol. The molecule has 2 fully saturated rings. The van der Waals surface area contributed by atoms with E-state index in [0.717, 1.165) is 49.0 Å². The number of halogens is 1. The molecule has 0 bridgehead atoms. The van der Waals surface area contributed by atoms with Crippen molar-refractivity contribution in [2.45, 2.75) is 30.2 Å². The third kappa shape index (κ3) is 3.90. The number of fused-ring (bicyclic) bond motifs is 1. The molecule has 31 heavy (non-hydrogen) atoms. The van der Waals surface area contributed by atoms with Crippen LogP contribution >= 0.6 is 11.6 Å². The Morgan fingerprint density at radius 3 is 2.52 bits per heavy atom. The van der Waals surface area contributed by atoms with Crippen LogP contribution in [0.3, 0.4) is 0 Å². The minimum atomic E-state index is -1.14. The molecule has 164 valence electrons. The van der Waals surface area contributed by atoms with E-state index in [1.807, 2.05) is 29.2 Å². The van der Waals surface area contributed by atoms with Crippen molar-refractivity contribution < 1.29 is 9.35 Å². The Kier molecular flexibility index (Phi) is 5.58. The van der Waals surface area contributed by atoms with Crippen LogP contribution in [0.25, 0.3) is 0 Å². The first-order chi connectivity index (χ1) is 15.0. The summed E-state index contributed by atoms with van der Waals surface area (Å²) in [5.41, 5.74) is 7.63. The van der Waals surface area contributed by atoms with Gasteiger partial charge in [0.05, 0.1) is 0 Å². The van der Waals surface area contributed by atoms with E-state index in [0.29, 0.717) is 41.8 Å². The second kappa shape index (κ2) is 8.37. The SMILES string of the molecule is NC(=O)[C@@H]1CCCN1c1nc(N2CCN(c3ccc(Cl)cc3)CC2)nc2c1[S+]([O-])CC2. The molecule has 2 N–H and O–H groups in total. The van der Waals surface area contributed by atoms with Crippen LogP contribution < -0.4 is 20.4 Å². The lowest BCUT2D eigenvalue weighted by Gasteiger charge is -2.36. The van der Waals surface area contributed by atoms with E-state index in [1.54, 1.807) is 0 Å². The maximum atomic E-state index is 12.7. The summed E-state index contributed by atoms with van der Waals surface area (Å²) in [7, 11) is 0. The first-order valence-electron chi connectivity index (χ1n) is 10.6. The van der Waals surface area contributed by atoms with Crippen molar-refractivity contribution in [3.05, 3.63) is 35.0 Å². The van der Waals surface area contributed by atoms with E-state index in [9.17, 15) is 9.35 Å². The average Bonchev–Trinajstić information content (AvgIpc) is 3.41. The highest BCUT2D eigenvalue weighted by Crippen LogP contribution is 2.37. The monoisotopic (exact) mass is 460 g/mol. The molecule has 2 saturated heterocycles. The Balaban J connectivity index is 1.40. The maximum Gasteiger partial charge on any atom is 0.240 e. The fourth-order valence-electron chi connectivity index (χ4n) is 4.63. The number of hydrogen-bond acceptors (Lipinski definition) is 7. The molecule has 5 rings (SSSR count). The van der Waals surface area contributed by atoms with E-state index in [-0.39, 0.29) is 5.91 Å². The molecule has 8 nitrogen and oxygen atoms in total. The third-order valence-electron chi connectivity index (χ3n) is 6.27. The molecule has 0 aliphatic carbocycles. The van der Waals surface area contributed by atoms with Crippen molar-refractivity contribution in [2.24, 2.45) is 5.73 Å². The molecule has 0 spiro atoms. The second-order valence-electron chi connectivity index (χ2n) is 8.13. The molecule has 10 heteroatoms. The number of nitrogens with two attached hydrogens (primary N) is 1. The second-order valence-corrected chi connectivity index (χ2v) is 10.1. The van der Waals surface area contributed by atoms with Crippen LogP contribution in [0, 0.1) is 0 Å². The molecule has 1 unspecified atom stereocenters. The Morgan fingerprint density at radius 2 is 1.81 bits per heavy atom. The summed E-state index contributed by atoms with van der Waals surface area (Å²) >= 11 is 4.88. The molecule has 0 saturated carbocycles. The number of hydrogen-bond donors (Lipinski definition) is 1. The highest BCUT2D eigenvalue weighted by atomic mass is 35.5. The zero-order valence-corrected chi connectivity index (χ0v) is 18.7. The van der Waals surface area contributed by atoms with Crippen LogP contribution in [0.1, 0.15) is 18.5 Å². The lowest BCUT2D eigenvalue weighted by atomic mass is 10.2. The summed E-state index contributed by atoms with van der Waals surface area (Å²) in [6, 6.07) is 7.49. The minimum Gasteiger partial charge on any atom is -0.611 e. The number of piperazine rings is 1. The minimum absolute atomic E-state index is 0.355. The van der Waals surface area contributed by atoms with Crippen LogP contribution in [-0.2, 0) is 22.4 Å². The number of carbonyl (C=O) groups is 1. The van der Waals surface area contributed by atoms with Gasteiger partial charge >= 0.3 is 0 Å². The quantitative estimate of drug-likeness (QED) is 0.691. The van der Waals surface area contributed by atoms with Crippen molar-refractivity contribution >= 4 is 46.1 Å². The molecule has 1 amide bonds. The van der Waals surface area contributed by atoms with Crippen molar-refractivity contribution in [1.82, 2.24) is 9.97 Å². The molecule has 3 aliphatic heterocycles. The van der Waals surface area contributed by atoms with Gasteiger partial charge in [0, 0.05) is 49.9 Å². The number of carbonyl (C=O) groups excluding carboxylic acids is 1. The van der Waals surface area contributed by atoms with Crippen LogP contribution in [0.2, 0.25) is 5.02 Å². The Hall–Kier alpha value is -2.23. The van der Waals surface area contributed by atoms with Gasteiger partial charge in [-0.25, -0.2) is 4.98 Å². The van der Waals surface area contributed by atoms with Crippen molar-refractivity contribution in [3.63, 3.8) is 0 Å². The topological polar surface area (TPSA) is 102 Å². The molecule has 1 aromatic carbocycles. The fraction of sp³-hybridized carbons (Fsp3) is 0.476. The van der Waals surface area contributed by atoms with Gasteiger partial charge in [0.2, 0.25) is 16.8 Å². The number of aromatic nitrogens is 2. The number of aryl methyl sites for hydroxylation is 1. The number of anilines is 3. The van der Waals surface area contributed by atoms with Crippen LogP contribution in [-0.4, -0.2) is 64.9 Å². The summed E-state index contributed by atoms with van der Waals surface area (Å²) in [5, 5.41) is 0.732. The molecule has 2 atom stereocenters. The van der Waals surface area contributed by atoms with Gasteiger partial charge in [0.15, 0.2) is 5.82 Å². The lowest BCUT2D eigenvalue weighted by molar-refractivity contribution is -0.119. The van der Waals surface area contributed by atoms with Crippen LogP contribution in [0.4, 0.5) is 17.5 Å².